The highest BCUT2D eigenvalue weighted by Gasteiger charge is 2.47. The van der Waals surface area contributed by atoms with E-state index in [0.29, 0.717) is 19.3 Å². The second-order valence-electron chi connectivity index (χ2n) is 25.5. The van der Waals surface area contributed by atoms with Crippen molar-refractivity contribution in [3.63, 3.8) is 0 Å². The summed E-state index contributed by atoms with van der Waals surface area (Å²) in [6.07, 6.45) is -4.17. The molecule has 0 unspecified atom stereocenters. The first-order valence-corrected chi connectivity index (χ1v) is 35.8. The molecule has 5 rings (SSSR count). The summed E-state index contributed by atoms with van der Waals surface area (Å²) >= 11 is 0. The molecule has 100 heavy (non-hydrogen) atoms. The Hall–Kier alpha value is -8.63. The van der Waals surface area contributed by atoms with Crippen molar-refractivity contribution in [1.82, 2.24) is 73.2 Å². The Kier molecular flexibility index (Phi) is 31.8. The lowest BCUT2D eigenvalue weighted by atomic mass is 9.96. The molecule has 17 atom stereocenters. The third kappa shape index (κ3) is 23.0. The van der Waals surface area contributed by atoms with E-state index in [1.807, 2.05) is 0 Å². The van der Waals surface area contributed by atoms with E-state index in [1.165, 1.54) is 9.80 Å². The zero-order valence-electron chi connectivity index (χ0n) is 56.7. The van der Waals surface area contributed by atoms with Crippen molar-refractivity contribution in [2.24, 2.45) is 39.8 Å². The van der Waals surface area contributed by atoms with Gasteiger partial charge in [0.15, 0.2) is 5.96 Å². The molecule has 2 bridgehead atoms. The number of rotatable bonds is 15. The van der Waals surface area contributed by atoms with Crippen LogP contribution < -0.4 is 81.4 Å². The number of primary amides is 2. The molecule has 5 aliphatic rings. The van der Waals surface area contributed by atoms with E-state index >= 15 is 0 Å². The highest BCUT2D eigenvalue weighted by atomic mass is 33.1. The largest absolute Gasteiger partial charge is 0.394 e. The minimum Gasteiger partial charge on any atom is -0.394 e. The number of fused-ring (bicyclic) bond motifs is 8. The highest BCUT2D eigenvalue weighted by Crippen LogP contribution is 2.29. The highest BCUT2D eigenvalue weighted by molar-refractivity contribution is 8.76. The number of carbonyl (C=O) groups is 16. The van der Waals surface area contributed by atoms with E-state index in [0.717, 1.165) is 40.3 Å². The van der Waals surface area contributed by atoms with Gasteiger partial charge in [0.2, 0.25) is 94.5 Å². The van der Waals surface area contributed by atoms with Gasteiger partial charge in [-0.3, -0.25) is 81.7 Å². The summed E-state index contributed by atoms with van der Waals surface area (Å²) in [6.45, 7) is 6.63. The first-order valence-electron chi connectivity index (χ1n) is 33.3. The molecule has 0 aliphatic carbocycles. The van der Waals surface area contributed by atoms with Crippen LogP contribution in [-0.2, 0) is 76.7 Å². The third-order valence-corrected chi connectivity index (χ3v) is 20.3. The first kappa shape index (κ1) is 82.0. The van der Waals surface area contributed by atoms with Gasteiger partial charge in [-0.2, -0.15) is 0 Å². The monoisotopic (exact) mass is 1450 g/mol. The van der Waals surface area contributed by atoms with Crippen LogP contribution in [0.1, 0.15) is 119 Å². The number of guanidine groups is 1. The smallest absolute Gasteiger partial charge is 0.246 e. The predicted octanol–water partition coefficient (Wildman–Crippen LogP) is -9.02. The van der Waals surface area contributed by atoms with E-state index in [-0.39, 0.29) is 77.1 Å². The number of hydrogen-bond donors (Lipinski definition) is 18. The fourth-order valence-corrected chi connectivity index (χ4v) is 14.2. The van der Waals surface area contributed by atoms with Gasteiger partial charge < -0.3 is 111 Å². The van der Waals surface area contributed by atoms with Crippen molar-refractivity contribution >= 4 is 122 Å². The molecule has 22 N–H and O–H groups in total. The summed E-state index contributed by atoms with van der Waals surface area (Å²) in [7, 11) is 1.48. The lowest BCUT2D eigenvalue weighted by Gasteiger charge is -2.35. The molecule has 5 fully saturated rings. The van der Waals surface area contributed by atoms with Crippen molar-refractivity contribution in [3.05, 3.63) is 0 Å². The third-order valence-electron chi connectivity index (χ3n) is 17.9. The lowest BCUT2D eigenvalue weighted by Crippen LogP contribution is -2.63. The van der Waals surface area contributed by atoms with Gasteiger partial charge in [0, 0.05) is 37.7 Å². The van der Waals surface area contributed by atoms with E-state index in [2.05, 4.69) is 63.5 Å². The molecular formula is C60H97N19O19S2. The summed E-state index contributed by atoms with van der Waals surface area (Å²) in [4.78, 5) is 234. The van der Waals surface area contributed by atoms with Crippen LogP contribution >= 0.6 is 21.6 Å². The summed E-state index contributed by atoms with van der Waals surface area (Å²) in [5.41, 5.74) is 22.1. The molecule has 0 spiro atoms. The number of hydrogen-bond acceptors (Lipinski definition) is 22. The number of aliphatic imine (C=N–C) groups is 1. The standard InChI is InChI=1S/C60H97N19O19S2/c1-7-27(3)43-54(93)71-35-25-99-100-26-36(72-55(94)45(29(5)81)73-42(85)23-66-47(86)32(21-40(61)83)68-52(91)37-14-10-18-77(37)57(96)33(22-41(62)84)69-50(35)89)51(90)76-46(30(6)82)56(95)67-31(13-9-17-65-60(63)64)48(87)70-34(24-80)49(88)75-44(28(4)8-2)59(98)79-20-12-16-39(79)58(97)78-19-11-15-38(78)53(92)74-43/h27-39,43-46,80-82H,7-26H2,1-6H3,(H2,61,83)(H2,62,84)(H,66,86)(H,67,95)(H,68,91)(H,69,89)(H,70,87)(H,71,93)(H,72,94)(H,73,85)(H,74,92)(H,75,88)(H,76,90)(H4,63,64,65)/t27-,28-,29+,30+,31-,32-,33-,34-,35-,36-,37-,38-,39-,43-,44-,45-,46-/m0/s1. The molecule has 16 amide bonds. The molecule has 5 aliphatic heterocycles. The molecule has 0 radical (unpaired) electrons. The Bertz CT molecular complexity index is 3070. The van der Waals surface area contributed by atoms with Crippen LogP contribution in [0.3, 0.4) is 0 Å². The van der Waals surface area contributed by atoms with Crippen molar-refractivity contribution < 1.29 is 92.0 Å². The fraction of sp³-hybridized carbons (Fsp3) is 0.717. The second kappa shape index (κ2) is 38.8. The number of aliphatic hydroxyl groups excluding tert-OH is 3. The molecular weight excluding hydrogens is 1350 g/mol. The molecule has 0 aromatic heterocycles. The van der Waals surface area contributed by atoms with Crippen LogP contribution in [0.25, 0.3) is 0 Å². The maximum absolute atomic E-state index is 14.9. The topological polar surface area (TPSA) is 592 Å². The van der Waals surface area contributed by atoms with Crippen LogP contribution in [0, 0.1) is 11.8 Å². The van der Waals surface area contributed by atoms with Crippen LogP contribution in [0.15, 0.2) is 4.99 Å². The maximum Gasteiger partial charge on any atom is 0.246 e. The maximum atomic E-state index is 14.9. The molecule has 5 heterocycles. The lowest BCUT2D eigenvalue weighted by molar-refractivity contribution is -0.149. The first-order chi connectivity index (χ1) is 47.2. The average Bonchev–Trinajstić information content (AvgIpc) is 1.62. The molecule has 0 aromatic carbocycles. The number of nitrogens with one attached hydrogen (secondary N) is 11. The van der Waals surface area contributed by atoms with Gasteiger partial charge in [0.05, 0.1) is 38.2 Å². The molecule has 40 heteroatoms. The minimum atomic E-state index is -2.02. The summed E-state index contributed by atoms with van der Waals surface area (Å²) in [5, 5.41) is 59.5. The van der Waals surface area contributed by atoms with E-state index in [9.17, 15) is 92.0 Å². The quantitative estimate of drug-likeness (QED) is 0.0313. The Labute approximate surface area is 584 Å². The number of nitrogens with zero attached hydrogens (tertiary/aromatic N) is 4. The van der Waals surface area contributed by atoms with Gasteiger partial charge in [0.25, 0.3) is 0 Å². The molecule has 558 valence electrons. The fourth-order valence-electron chi connectivity index (χ4n) is 11.9. The Morgan fingerprint density at radius 1 is 0.480 bits per heavy atom. The van der Waals surface area contributed by atoms with Gasteiger partial charge in [-0.15, -0.1) is 0 Å². The van der Waals surface area contributed by atoms with Gasteiger partial charge in [-0.1, -0.05) is 62.1 Å². The molecule has 0 saturated carbocycles. The summed E-state index contributed by atoms with van der Waals surface area (Å²) in [5.74, 6) is -19.6. The number of carbonyl (C=O) groups excluding carboxylic acids is 16. The van der Waals surface area contributed by atoms with Crippen LogP contribution in [0.5, 0.6) is 0 Å². The number of amides is 16. The van der Waals surface area contributed by atoms with Gasteiger partial charge in [-0.25, -0.2) is 0 Å². The minimum absolute atomic E-state index is 0.0404. The van der Waals surface area contributed by atoms with Crippen LogP contribution in [0.4, 0.5) is 0 Å². The Morgan fingerprint density at radius 2 is 0.900 bits per heavy atom. The Morgan fingerprint density at radius 3 is 1.43 bits per heavy atom. The van der Waals surface area contributed by atoms with E-state index in [4.69, 9.17) is 22.9 Å². The average molecular weight is 1450 g/mol. The van der Waals surface area contributed by atoms with Crippen molar-refractivity contribution in [2.45, 2.75) is 209 Å². The molecule has 38 nitrogen and oxygen atoms in total. The van der Waals surface area contributed by atoms with Crippen molar-refractivity contribution in [2.75, 3.05) is 50.8 Å². The summed E-state index contributed by atoms with van der Waals surface area (Å²) in [6, 6.07) is -21.3. The van der Waals surface area contributed by atoms with Gasteiger partial charge in [0.1, 0.15) is 78.5 Å². The zero-order valence-corrected chi connectivity index (χ0v) is 58.4. The second-order valence-corrected chi connectivity index (χ2v) is 28.0. The van der Waals surface area contributed by atoms with E-state index in [1.54, 1.807) is 27.7 Å². The normalized spacial score (nSPS) is 29.7. The van der Waals surface area contributed by atoms with E-state index < -0.39 is 235 Å². The van der Waals surface area contributed by atoms with Crippen LogP contribution in [0.2, 0.25) is 0 Å². The molecule has 5 saturated heterocycles. The molecule has 0 aromatic rings. The summed E-state index contributed by atoms with van der Waals surface area (Å²) < 4.78 is 0. The Balaban J connectivity index is 1.68. The van der Waals surface area contributed by atoms with Crippen molar-refractivity contribution in [1.29, 1.82) is 0 Å². The van der Waals surface area contributed by atoms with Crippen LogP contribution in [-0.4, -0.2) is 272 Å². The zero-order chi connectivity index (χ0) is 74.4. The predicted molar refractivity (Wildman–Crippen MR) is 358 cm³/mol. The van der Waals surface area contributed by atoms with Gasteiger partial charge >= 0.3 is 0 Å². The SMILES string of the molecule is CC[C@H](C)[C@@H]1NC(=O)[C@@H]2CCCN2C(=O)[C@@H]2CCCN2C(=O)[C@H]([C@@H](C)CC)NC(=O)[C@H](CO)NC(=O)[C@H](CCCN=C(N)N)NC(=O)[C@H]([C@@H](C)O)NC(=O)[C@@H]2CSSC[C@H](NC1=O)C(=O)N[C@@H](CC(N)=O)C(=O)N1CCC[C@H]1C(=O)N[C@@H](CC(N)=O)C(=O)NCC(=O)N[C@@H]([C@@H](C)O)C(=O)N2. The number of aliphatic hydroxyl groups is 3. The van der Waals surface area contributed by atoms with Crippen molar-refractivity contribution in [3.8, 4) is 0 Å². The number of nitrogens with two attached hydrogens (primary N) is 4. The van der Waals surface area contributed by atoms with Gasteiger partial charge in [-0.05, 0) is 77.0 Å².